The quantitative estimate of drug-likeness (QED) is 0.431. The molecule has 25 heavy (non-hydrogen) atoms. The summed E-state index contributed by atoms with van der Waals surface area (Å²) >= 11 is 9.06. The Labute approximate surface area is 156 Å². The Morgan fingerprint density at radius 2 is 2.00 bits per heavy atom. The van der Waals surface area contributed by atoms with Gasteiger partial charge in [0.1, 0.15) is 10.7 Å². The number of nitrogens with zero attached hydrogens (tertiary/aromatic N) is 2. The van der Waals surface area contributed by atoms with Crippen LogP contribution in [0.2, 0.25) is 5.02 Å². The lowest BCUT2D eigenvalue weighted by Gasteiger charge is -2.16. The molecule has 0 fully saturated rings. The maximum absolute atomic E-state index is 13.4. The second kappa shape index (κ2) is 6.37. The van der Waals surface area contributed by atoms with Crippen molar-refractivity contribution in [3.05, 3.63) is 58.2 Å². The van der Waals surface area contributed by atoms with E-state index in [1.807, 2.05) is 31.2 Å². The van der Waals surface area contributed by atoms with Gasteiger partial charge >= 0.3 is 0 Å². The summed E-state index contributed by atoms with van der Waals surface area (Å²) < 4.78 is 15.1. The van der Waals surface area contributed by atoms with Gasteiger partial charge in [0.05, 0.1) is 15.2 Å². The zero-order valence-electron chi connectivity index (χ0n) is 13.1. The Bertz CT molecular complexity index is 1070. The number of fused-ring (bicyclic) bond motifs is 2. The van der Waals surface area contributed by atoms with Gasteiger partial charge in [0, 0.05) is 16.6 Å². The first-order valence-corrected chi connectivity index (χ1v) is 9.64. The summed E-state index contributed by atoms with van der Waals surface area (Å²) in [5.74, 6) is -0.559. The molecule has 1 amide bonds. The maximum atomic E-state index is 13.4. The van der Waals surface area contributed by atoms with Crippen molar-refractivity contribution in [3.8, 4) is 0 Å². The average molecular weight is 391 g/mol. The summed E-state index contributed by atoms with van der Waals surface area (Å²) in [6, 6.07) is 12.1. The lowest BCUT2D eigenvalue weighted by molar-refractivity contribution is 0.0992. The molecule has 7 heteroatoms. The summed E-state index contributed by atoms with van der Waals surface area (Å²) in [6.45, 7) is 2.36. The molecule has 0 saturated heterocycles. The van der Waals surface area contributed by atoms with Crippen molar-refractivity contribution >= 4 is 65.6 Å². The van der Waals surface area contributed by atoms with Gasteiger partial charge in [-0.15, -0.1) is 11.3 Å². The highest BCUT2D eigenvalue weighted by molar-refractivity contribution is 7.23. The predicted molar refractivity (Wildman–Crippen MR) is 104 cm³/mol. The van der Waals surface area contributed by atoms with E-state index in [-0.39, 0.29) is 11.7 Å². The Morgan fingerprint density at radius 3 is 2.76 bits per heavy atom. The van der Waals surface area contributed by atoms with Crippen LogP contribution in [-0.4, -0.2) is 17.4 Å². The minimum Gasteiger partial charge on any atom is -0.284 e. The van der Waals surface area contributed by atoms with Crippen LogP contribution in [0.1, 0.15) is 16.6 Å². The molecule has 4 rings (SSSR count). The predicted octanol–water partition coefficient (Wildman–Crippen LogP) is 5.97. The van der Waals surface area contributed by atoms with E-state index in [1.54, 1.807) is 11.0 Å². The normalized spacial score (nSPS) is 11.3. The monoisotopic (exact) mass is 390 g/mol. The number of amides is 1. The van der Waals surface area contributed by atoms with Gasteiger partial charge < -0.3 is 0 Å². The summed E-state index contributed by atoms with van der Waals surface area (Å²) in [5, 5.41) is 1.69. The summed E-state index contributed by atoms with van der Waals surface area (Å²) in [6.07, 6.45) is 0. The van der Waals surface area contributed by atoms with Crippen LogP contribution in [0.4, 0.5) is 9.52 Å². The topological polar surface area (TPSA) is 33.2 Å². The number of thiophene rings is 1. The van der Waals surface area contributed by atoms with Crippen molar-refractivity contribution in [1.29, 1.82) is 0 Å². The number of aromatic nitrogens is 1. The number of benzene rings is 2. The number of carbonyl (C=O) groups is 1. The minimum absolute atomic E-state index is 0.215. The molecule has 2 heterocycles. The van der Waals surface area contributed by atoms with Gasteiger partial charge in [-0.2, -0.15) is 0 Å². The average Bonchev–Trinajstić information content (AvgIpc) is 3.16. The zero-order chi connectivity index (χ0) is 17.6. The first-order chi connectivity index (χ1) is 12.1. The second-order valence-corrected chi connectivity index (χ2v) is 7.84. The van der Waals surface area contributed by atoms with Crippen LogP contribution in [-0.2, 0) is 0 Å². The first kappa shape index (κ1) is 16.4. The molecule has 0 spiro atoms. The number of hydrogen-bond acceptors (Lipinski definition) is 4. The molecule has 0 bridgehead atoms. The molecule has 0 aliphatic rings. The van der Waals surface area contributed by atoms with Gasteiger partial charge in [0.2, 0.25) is 0 Å². The molecule has 0 unspecified atom stereocenters. The number of carbonyl (C=O) groups excluding carboxylic acids is 1. The molecule has 0 aliphatic heterocycles. The van der Waals surface area contributed by atoms with Gasteiger partial charge in [-0.05, 0) is 37.3 Å². The number of rotatable bonds is 3. The molecule has 0 aliphatic carbocycles. The van der Waals surface area contributed by atoms with E-state index in [4.69, 9.17) is 11.6 Å². The third kappa shape index (κ3) is 2.80. The summed E-state index contributed by atoms with van der Waals surface area (Å²) in [5.41, 5.74) is 0.859. The van der Waals surface area contributed by atoms with Crippen molar-refractivity contribution in [1.82, 2.24) is 4.98 Å². The van der Waals surface area contributed by atoms with Crippen molar-refractivity contribution in [2.75, 3.05) is 11.4 Å². The first-order valence-electron chi connectivity index (χ1n) is 7.63. The highest BCUT2D eigenvalue weighted by Gasteiger charge is 2.25. The van der Waals surface area contributed by atoms with Gasteiger partial charge in [-0.1, -0.05) is 35.1 Å². The fourth-order valence-electron chi connectivity index (χ4n) is 2.64. The van der Waals surface area contributed by atoms with Crippen molar-refractivity contribution in [2.24, 2.45) is 0 Å². The summed E-state index contributed by atoms with van der Waals surface area (Å²) in [7, 11) is 0. The van der Waals surface area contributed by atoms with Crippen LogP contribution in [0.3, 0.4) is 0 Å². The van der Waals surface area contributed by atoms with Crippen molar-refractivity contribution in [3.63, 3.8) is 0 Å². The smallest absolute Gasteiger partial charge is 0.271 e. The van der Waals surface area contributed by atoms with E-state index in [0.29, 0.717) is 31.7 Å². The maximum Gasteiger partial charge on any atom is 0.271 e. The number of thiazole rings is 1. The lowest BCUT2D eigenvalue weighted by atomic mass is 10.2. The molecule has 0 saturated carbocycles. The van der Waals surface area contributed by atoms with E-state index >= 15 is 0 Å². The van der Waals surface area contributed by atoms with Crippen LogP contribution in [0, 0.1) is 5.82 Å². The molecule has 0 radical (unpaired) electrons. The summed E-state index contributed by atoms with van der Waals surface area (Å²) in [4.78, 5) is 19.6. The molecular weight excluding hydrogens is 379 g/mol. The third-order valence-electron chi connectivity index (χ3n) is 3.86. The molecular formula is C18H12ClFN2OS2. The van der Waals surface area contributed by atoms with Crippen molar-refractivity contribution < 1.29 is 9.18 Å². The van der Waals surface area contributed by atoms with Gasteiger partial charge in [-0.3, -0.25) is 9.69 Å². The standard InChI is InChI=1S/C18H12ClFN2OS2/c1-2-22(18-21-12-5-3-4-6-13(12)25-18)17(23)16-15(19)11-8-7-10(20)9-14(11)24-16/h3-9H,2H2,1H3. The van der Waals surface area contributed by atoms with Crippen molar-refractivity contribution in [2.45, 2.75) is 6.92 Å². The van der Waals surface area contributed by atoms with E-state index in [0.717, 1.165) is 10.2 Å². The van der Waals surface area contributed by atoms with Crippen LogP contribution in [0.15, 0.2) is 42.5 Å². The Kier molecular flexibility index (Phi) is 4.19. The highest BCUT2D eigenvalue weighted by Crippen LogP contribution is 2.38. The number of anilines is 1. The zero-order valence-corrected chi connectivity index (χ0v) is 15.5. The van der Waals surface area contributed by atoms with Gasteiger partial charge in [-0.25, -0.2) is 9.37 Å². The van der Waals surface area contributed by atoms with Crippen LogP contribution in [0.5, 0.6) is 0 Å². The molecule has 4 aromatic rings. The van der Waals surface area contributed by atoms with E-state index in [1.165, 1.54) is 34.8 Å². The molecule has 3 nitrogen and oxygen atoms in total. The van der Waals surface area contributed by atoms with Crippen LogP contribution < -0.4 is 4.90 Å². The van der Waals surface area contributed by atoms with Gasteiger partial charge in [0.15, 0.2) is 5.13 Å². The fraction of sp³-hybridized carbons (Fsp3) is 0.111. The highest BCUT2D eigenvalue weighted by atomic mass is 35.5. The Morgan fingerprint density at radius 1 is 1.20 bits per heavy atom. The van der Waals surface area contributed by atoms with E-state index in [9.17, 15) is 9.18 Å². The van der Waals surface area contributed by atoms with Crippen LogP contribution in [0.25, 0.3) is 20.3 Å². The largest absolute Gasteiger partial charge is 0.284 e. The Hall–Kier alpha value is -2.02. The molecule has 126 valence electrons. The molecule has 2 aromatic carbocycles. The van der Waals surface area contributed by atoms with Crippen LogP contribution >= 0.6 is 34.3 Å². The third-order valence-corrected chi connectivity index (χ3v) is 6.57. The minimum atomic E-state index is -0.345. The lowest BCUT2D eigenvalue weighted by Crippen LogP contribution is -2.30. The molecule has 0 atom stereocenters. The number of hydrogen-bond donors (Lipinski definition) is 0. The van der Waals surface area contributed by atoms with E-state index in [2.05, 4.69) is 4.98 Å². The molecule has 0 N–H and O–H groups in total. The number of para-hydroxylation sites is 1. The number of halogens is 2. The molecule has 2 aromatic heterocycles. The Balaban J connectivity index is 1.79. The van der Waals surface area contributed by atoms with E-state index < -0.39 is 0 Å². The van der Waals surface area contributed by atoms with Gasteiger partial charge in [0.25, 0.3) is 5.91 Å². The fourth-order valence-corrected chi connectivity index (χ4v) is 5.15. The second-order valence-electron chi connectivity index (χ2n) is 5.40. The SMILES string of the molecule is CCN(C(=O)c1sc2cc(F)ccc2c1Cl)c1nc2ccccc2s1.